The lowest BCUT2D eigenvalue weighted by atomic mass is 10.0. The minimum atomic E-state index is -0.431. The Morgan fingerprint density at radius 2 is 2.00 bits per heavy atom. The summed E-state index contributed by atoms with van der Waals surface area (Å²) in [6.07, 6.45) is 4.62. The molecule has 1 aromatic carbocycles. The van der Waals surface area contributed by atoms with Gasteiger partial charge in [0.1, 0.15) is 17.4 Å². The molecule has 2 aromatic rings. The fourth-order valence-corrected chi connectivity index (χ4v) is 3.77. The van der Waals surface area contributed by atoms with Gasteiger partial charge in [0.25, 0.3) is 5.91 Å². The Balaban J connectivity index is 1.66. The molecule has 3 N–H and O–H groups in total. The molecular weight excluding hydrogens is 396 g/mol. The fraction of sp³-hybridized carbons (Fsp3) is 0.364. The number of fused-ring (bicyclic) bond motifs is 1. The topological polar surface area (TPSA) is 126 Å². The number of amides is 1. The van der Waals surface area contributed by atoms with Crippen molar-refractivity contribution < 1.29 is 14.3 Å². The number of nitrogens with zero attached hydrogens (tertiary/aromatic N) is 4. The summed E-state index contributed by atoms with van der Waals surface area (Å²) >= 11 is 0. The van der Waals surface area contributed by atoms with Crippen LogP contribution in [0.25, 0.3) is 5.57 Å². The molecule has 0 aliphatic carbocycles. The number of morpholine rings is 1. The predicted octanol–water partition coefficient (Wildman–Crippen LogP) is 1.84. The van der Waals surface area contributed by atoms with Gasteiger partial charge in [0.2, 0.25) is 0 Å². The summed E-state index contributed by atoms with van der Waals surface area (Å²) in [6.45, 7) is 6.73. The number of carbonyl (C=O) groups excluding carboxylic acids is 1. The lowest BCUT2D eigenvalue weighted by molar-refractivity contribution is -0.111. The summed E-state index contributed by atoms with van der Waals surface area (Å²) < 4.78 is 11.6. The summed E-state index contributed by atoms with van der Waals surface area (Å²) in [5, 5.41) is 11.9. The molecule has 1 saturated heterocycles. The van der Waals surface area contributed by atoms with Crippen molar-refractivity contribution in [3.8, 4) is 11.8 Å². The minimum Gasteiger partial charge on any atom is -0.487 e. The highest BCUT2D eigenvalue weighted by Crippen LogP contribution is 2.42. The van der Waals surface area contributed by atoms with E-state index < -0.39 is 5.91 Å². The molecule has 9 nitrogen and oxygen atoms in total. The van der Waals surface area contributed by atoms with Crippen molar-refractivity contribution in [2.75, 3.05) is 36.5 Å². The second-order valence-corrected chi connectivity index (χ2v) is 8.06. The third-order valence-corrected chi connectivity index (χ3v) is 5.21. The molecule has 31 heavy (non-hydrogen) atoms. The Bertz CT molecular complexity index is 1070. The first-order valence-corrected chi connectivity index (χ1v) is 10.0. The van der Waals surface area contributed by atoms with Crippen molar-refractivity contribution in [2.45, 2.75) is 25.9 Å². The van der Waals surface area contributed by atoms with Crippen LogP contribution >= 0.6 is 0 Å². The Hall–Kier alpha value is -3.64. The van der Waals surface area contributed by atoms with Gasteiger partial charge in [-0.05, 0) is 19.9 Å². The van der Waals surface area contributed by atoms with Crippen LogP contribution in [0.1, 0.15) is 30.8 Å². The van der Waals surface area contributed by atoms with E-state index in [9.17, 15) is 4.79 Å². The van der Waals surface area contributed by atoms with E-state index in [0.717, 1.165) is 23.4 Å². The number of aromatic nitrogens is 2. The molecule has 0 atom stereocenters. The highest BCUT2D eigenvalue weighted by Gasteiger charge is 2.32. The van der Waals surface area contributed by atoms with Crippen LogP contribution in [0, 0.1) is 11.3 Å². The summed E-state index contributed by atoms with van der Waals surface area (Å²) in [4.78, 5) is 23.4. The first-order valence-electron chi connectivity index (χ1n) is 10.0. The minimum absolute atomic E-state index is 0.120. The zero-order valence-corrected chi connectivity index (χ0v) is 17.5. The Morgan fingerprint density at radius 3 is 2.65 bits per heavy atom. The highest BCUT2D eigenvalue weighted by atomic mass is 16.5. The number of carbonyl (C=O) groups is 1. The van der Waals surface area contributed by atoms with Gasteiger partial charge in [-0.2, -0.15) is 5.26 Å². The van der Waals surface area contributed by atoms with Crippen molar-refractivity contribution in [2.24, 2.45) is 5.73 Å². The molecule has 1 fully saturated rings. The normalized spacial score (nSPS) is 17.5. The first-order chi connectivity index (χ1) is 14.9. The molecule has 3 heterocycles. The number of nitrogens with two attached hydrogens (primary N) is 1. The number of nitrogens with one attached hydrogen (secondary N) is 1. The molecule has 9 heteroatoms. The van der Waals surface area contributed by atoms with Crippen LogP contribution in [0.2, 0.25) is 0 Å². The van der Waals surface area contributed by atoms with E-state index in [2.05, 4.69) is 20.2 Å². The van der Waals surface area contributed by atoms with Crippen molar-refractivity contribution in [1.29, 1.82) is 5.26 Å². The molecule has 1 aromatic heterocycles. The van der Waals surface area contributed by atoms with E-state index in [1.54, 1.807) is 0 Å². The largest absolute Gasteiger partial charge is 0.487 e. The second kappa shape index (κ2) is 8.24. The van der Waals surface area contributed by atoms with E-state index in [-0.39, 0.29) is 17.0 Å². The maximum Gasteiger partial charge on any atom is 0.261 e. The van der Waals surface area contributed by atoms with Gasteiger partial charge in [0.05, 0.1) is 35.7 Å². The monoisotopic (exact) mass is 420 g/mol. The maximum absolute atomic E-state index is 13.1. The van der Waals surface area contributed by atoms with Crippen LogP contribution in [-0.2, 0) is 16.0 Å². The van der Waals surface area contributed by atoms with Crippen LogP contribution in [0.15, 0.2) is 30.7 Å². The SMILES string of the molecule is CC1(C)Cc2cc(NC(=O)/C(=C\N)c3ncc(C#N)cn3)c(N3CCOCC3)cc2O1. The van der Waals surface area contributed by atoms with Crippen molar-refractivity contribution in [3.05, 3.63) is 47.7 Å². The average molecular weight is 420 g/mol. The molecule has 1 amide bonds. The summed E-state index contributed by atoms with van der Waals surface area (Å²) in [5.74, 6) is 0.548. The molecule has 0 radical (unpaired) electrons. The van der Waals surface area contributed by atoms with Gasteiger partial charge in [0.15, 0.2) is 5.82 Å². The first kappa shape index (κ1) is 20.6. The lowest BCUT2D eigenvalue weighted by Gasteiger charge is -2.31. The van der Waals surface area contributed by atoms with Crippen LogP contribution in [0.4, 0.5) is 11.4 Å². The van der Waals surface area contributed by atoms with E-state index in [0.29, 0.717) is 37.6 Å². The van der Waals surface area contributed by atoms with Crippen molar-refractivity contribution >= 4 is 22.9 Å². The number of benzene rings is 1. The third-order valence-electron chi connectivity index (χ3n) is 5.21. The van der Waals surface area contributed by atoms with Gasteiger partial charge in [-0.3, -0.25) is 4.79 Å². The summed E-state index contributed by atoms with van der Waals surface area (Å²) in [6, 6.07) is 5.89. The van der Waals surface area contributed by atoms with Crippen LogP contribution in [0.5, 0.6) is 5.75 Å². The van der Waals surface area contributed by atoms with Crippen molar-refractivity contribution in [3.63, 3.8) is 0 Å². The van der Waals surface area contributed by atoms with Gasteiger partial charge in [-0.25, -0.2) is 9.97 Å². The Labute approximate surface area is 180 Å². The molecule has 2 aliphatic rings. The van der Waals surface area contributed by atoms with Crippen LogP contribution < -0.4 is 20.7 Å². The number of anilines is 2. The predicted molar refractivity (Wildman–Crippen MR) is 115 cm³/mol. The third kappa shape index (κ3) is 4.29. The zero-order chi connectivity index (χ0) is 22.0. The van der Waals surface area contributed by atoms with Gasteiger partial charge in [-0.15, -0.1) is 0 Å². The molecular formula is C22H24N6O3. The number of hydrogen-bond donors (Lipinski definition) is 2. The standard InChI is InChI=1S/C22H24N6O3/c1-22(2)9-15-7-17(18(8-19(15)31-22)28-3-5-30-6-4-28)27-21(29)16(11-24)20-25-12-14(10-23)13-26-20/h7-8,11-13H,3-6,9,24H2,1-2H3,(H,27,29)/b16-11-. The molecule has 4 rings (SSSR count). The fourth-order valence-electron chi connectivity index (χ4n) is 3.77. The summed E-state index contributed by atoms with van der Waals surface area (Å²) in [5.41, 5.74) is 8.41. The lowest BCUT2D eigenvalue weighted by Crippen LogP contribution is -2.36. The van der Waals surface area contributed by atoms with Gasteiger partial charge < -0.3 is 25.4 Å². The molecule has 2 aliphatic heterocycles. The van der Waals surface area contributed by atoms with E-state index >= 15 is 0 Å². The smallest absolute Gasteiger partial charge is 0.261 e. The number of hydrogen-bond acceptors (Lipinski definition) is 8. The Morgan fingerprint density at radius 1 is 1.29 bits per heavy atom. The van der Waals surface area contributed by atoms with Crippen molar-refractivity contribution in [1.82, 2.24) is 9.97 Å². The molecule has 0 spiro atoms. The van der Waals surface area contributed by atoms with E-state index in [4.69, 9.17) is 20.5 Å². The summed E-state index contributed by atoms with van der Waals surface area (Å²) in [7, 11) is 0. The molecule has 0 saturated carbocycles. The van der Waals surface area contributed by atoms with Crippen LogP contribution in [-0.4, -0.2) is 47.8 Å². The highest BCUT2D eigenvalue weighted by molar-refractivity contribution is 6.24. The van der Waals surface area contributed by atoms with E-state index in [1.807, 2.05) is 32.0 Å². The second-order valence-electron chi connectivity index (χ2n) is 8.06. The number of rotatable bonds is 4. The maximum atomic E-state index is 13.1. The quantitative estimate of drug-likeness (QED) is 0.718. The number of nitriles is 1. The Kier molecular flexibility index (Phi) is 5.48. The molecule has 0 unspecified atom stereocenters. The van der Waals surface area contributed by atoms with Gasteiger partial charge >= 0.3 is 0 Å². The zero-order valence-electron chi connectivity index (χ0n) is 17.5. The molecule has 160 valence electrons. The van der Waals surface area contributed by atoms with Gasteiger partial charge in [0, 0.05) is 49.7 Å². The molecule has 0 bridgehead atoms. The number of ether oxygens (including phenoxy) is 2. The average Bonchev–Trinajstić information content (AvgIpc) is 3.07. The van der Waals surface area contributed by atoms with Gasteiger partial charge in [-0.1, -0.05) is 0 Å². The van der Waals surface area contributed by atoms with Crippen LogP contribution in [0.3, 0.4) is 0 Å². The van der Waals surface area contributed by atoms with E-state index in [1.165, 1.54) is 18.6 Å².